The number of ether oxygens (including phenoxy) is 1. The molecule has 0 amide bonds. The van der Waals surface area contributed by atoms with E-state index in [-0.39, 0.29) is 11.8 Å². The van der Waals surface area contributed by atoms with Gasteiger partial charge in [-0.05, 0) is 92.4 Å². The molecule has 3 N–H and O–H groups in total. The molecule has 2 aliphatic carbocycles. The third-order valence-electron chi connectivity index (χ3n) is 11.0. The number of furan rings is 2. The van der Waals surface area contributed by atoms with E-state index in [1.54, 1.807) is 0 Å². The maximum Gasteiger partial charge on any atom is 0.194 e. The molecule has 308 valence electrons. The van der Waals surface area contributed by atoms with Gasteiger partial charge in [0.25, 0.3) is 0 Å². The standard InChI is InChI=1S/C46H46N2O3.C7H8.C2H6/c1-4-6-19-30(3)49-45-35(18-5-2)34-23-12-11-22-33(37-26-17-25-36-31-20-13-15-28-40(31)50-44(36)37)42(43(34)45)39(47)27-10-8-7-9-24-38-32-21-14-16-29-41(32)51-46(38)48;1-7-5-3-2-4-6-7;1-2/h6-8,10-11,13-17,19-22,25-29,34,43,47H,3-5,9,12,18,23-24,48H2,1-2H3;2-6H,1H3;1-2H3/b8-7+,19-6-,22-11-,27-10+,42-33+,47-39?;;/t34?,43-;;/m0../s1. The van der Waals surface area contributed by atoms with E-state index in [0.717, 1.165) is 106 Å². The summed E-state index contributed by atoms with van der Waals surface area (Å²) in [7, 11) is 0. The van der Waals surface area contributed by atoms with Crippen LogP contribution in [0.3, 0.4) is 0 Å². The second-order valence-corrected chi connectivity index (χ2v) is 15.0. The molecular weight excluding hydrogens is 737 g/mol. The highest BCUT2D eigenvalue weighted by Crippen LogP contribution is 2.53. The quantitative estimate of drug-likeness (QED) is 0.0692. The van der Waals surface area contributed by atoms with Gasteiger partial charge in [0.2, 0.25) is 0 Å². The Morgan fingerprint density at radius 1 is 0.817 bits per heavy atom. The predicted octanol–water partition coefficient (Wildman–Crippen LogP) is 15.6. The Hall–Kier alpha value is -6.33. The third kappa shape index (κ3) is 9.75. The highest BCUT2D eigenvalue weighted by Gasteiger charge is 2.45. The van der Waals surface area contributed by atoms with Crippen LogP contribution < -0.4 is 5.73 Å². The van der Waals surface area contributed by atoms with E-state index in [9.17, 15) is 5.41 Å². The predicted molar refractivity (Wildman–Crippen MR) is 255 cm³/mol. The van der Waals surface area contributed by atoms with E-state index < -0.39 is 0 Å². The number of anilines is 1. The van der Waals surface area contributed by atoms with Crippen molar-refractivity contribution in [3.05, 3.63) is 192 Å². The second-order valence-electron chi connectivity index (χ2n) is 15.0. The minimum atomic E-state index is -0.0728. The summed E-state index contributed by atoms with van der Waals surface area (Å²) in [5.74, 6) is 2.27. The van der Waals surface area contributed by atoms with Gasteiger partial charge in [-0.25, -0.2) is 0 Å². The minimum Gasteiger partial charge on any atom is -0.462 e. The molecule has 0 bridgehead atoms. The number of hydrogen-bond acceptors (Lipinski definition) is 5. The lowest BCUT2D eigenvalue weighted by atomic mass is 9.63. The number of nitrogens with two attached hydrogens (primary N) is 1. The molecule has 4 aromatic carbocycles. The number of fused-ring (bicyclic) bond motifs is 5. The van der Waals surface area contributed by atoms with Crippen LogP contribution in [0.4, 0.5) is 5.88 Å². The summed E-state index contributed by atoms with van der Waals surface area (Å²) in [6.07, 6.45) is 23.0. The Kier molecular flexibility index (Phi) is 15.2. The van der Waals surface area contributed by atoms with Crippen LogP contribution in [0, 0.1) is 24.2 Å². The zero-order valence-electron chi connectivity index (χ0n) is 36.0. The summed E-state index contributed by atoms with van der Waals surface area (Å²) in [4.78, 5) is 0. The van der Waals surface area contributed by atoms with Crippen molar-refractivity contribution in [3.63, 3.8) is 0 Å². The molecule has 2 heterocycles. The van der Waals surface area contributed by atoms with Gasteiger partial charge in [0.15, 0.2) is 5.88 Å². The van der Waals surface area contributed by atoms with Gasteiger partial charge < -0.3 is 24.7 Å². The number of aryl methyl sites for hydroxylation is 2. The fraction of sp³-hybridized carbons (Fsp3) is 0.255. The summed E-state index contributed by atoms with van der Waals surface area (Å²) < 4.78 is 18.9. The SMILES string of the molecule is C=C(/C=C\CC)OC1=C(CCC)C2CC/C=C\C(c3cccc4c3oc3ccccc34)=C(\C(=N)/C=C/C=C/CCc3c(N)oc4ccccc34)[C@@H]12.CC.Cc1ccccc1. The molecule has 60 heavy (non-hydrogen) atoms. The fourth-order valence-corrected chi connectivity index (χ4v) is 8.27. The van der Waals surface area contributed by atoms with Gasteiger partial charge in [-0.15, -0.1) is 0 Å². The molecule has 1 unspecified atom stereocenters. The number of para-hydroxylation sites is 3. The molecule has 8 rings (SSSR count). The van der Waals surface area contributed by atoms with Crippen molar-refractivity contribution in [2.45, 2.75) is 79.6 Å². The molecule has 0 saturated heterocycles. The van der Waals surface area contributed by atoms with Crippen LogP contribution >= 0.6 is 0 Å². The normalized spacial score (nSPS) is 18.1. The van der Waals surface area contributed by atoms with Crippen LogP contribution in [-0.4, -0.2) is 5.71 Å². The van der Waals surface area contributed by atoms with E-state index in [0.29, 0.717) is 17.4 Å². The zero-order chi connectivity index (χ0) is 42.4. The number of nitrogen functional groups attached to an aromatic ring is 1. The van der Waals surface area contributed by atoms with E-state index >= 15 is 0 Å². The van der Waals surface area contributed by atoms with Crippen LogP contribution in [0.1, 0.15) is 82.9 Å². The lowest BCUT2D eigenvalue weighted by Crippen LogP contribution is -2.36. The topological polar surface area (TPSA) is 85.4 Å². The maximum absolute atomic E-state index is 9.68. The Labute approximate surface area is 356 Å². The summed E-state index contributed by atoms with van der Waals surface area (Å²) in [6.45, 7) is 14.6. The van der Waals surface area contributed by atoms with Crippen molar-refractivity contribution in [1.82, 2.24) is 0 Å². The van der Waals surface area contributed by atoms with Crippen LogP contribution in [0.25, 0.3) is 38.5 Å². The molecule has 2 atom stereocenters. The number of nitrogens with one attached hydrogen (secondary N) is 1. The monoisotopic (exact) mass is 796 g/mol. The van der Waals surface area contributed by atoms with Crippen LogP contribution in [-0.2, 0) is 11.2 Å². The lowest BCUT2D eigenvalue weighted by molar-refractivity contribution is 0.193. The average molecular weight is 797 g/mol. The summed E-state index contributed by atoms with van der Waals surface area (Å²) >= 11 is 0. The van der Waals surface area contributed by atoms with Crippen molar-refractivity contribution in [2.75, 3.05) is 5.73 Å². The van der Waals surface area contributed by atoms with Gasteiger partial charge >= 0.3 is 0 Å². The molecule has 0 spiro atoms. The van der Waals surface area contributed by atoms with Crippen LogP contribution in [0.2, 0.25) is 0 Å². The third-order valence-corrected chi connectivity index (χ3v) is 11.0. The van der Waals surface area contributed by atoms with Crippen molar-refractivity contribution in [2.24, 2.45) is 11.8 Å². The Morgan fingerprint density at radius 2 is 1.52 bits per heavy atom. The first-order chi connectivity index (χ1) is 29.4. The van der Waals surface area contributed by atoms with Crippen molar-refractivity contribution >= 4 is 50.1 Å². The first-order valence-corrected chi connectivity index (χ1v) is 21.7. The molecule has 0 aliphatic heterocycles. The van der Waals surface area contributed by atoms with E-state index in [4.69, 9.17) is 19.3 Å². The van der Waals surface area contributed by atoms with Gasteiger partial charge in [-0.3, -0.25) is 0 Å². The number of benzene rings is 4. The molecule has 5 heteroatoms. The molecule has 0 saturated carbocycles. The number of rotatable bonds is 13. The highest BCUT2D eigenvalue weighted by atomic mass is 16.5. The lowest BCUT2D eigenvalue weighted by Gasteiger charge is -2.44. The van der Waals surface area contributed by atoms with Crippen molar-refractivity contribution in [3.8, 4) is 0 Å². The number of hydrogen-bond donors (Lipinski definition) is 2. The first-order valence-electron chi connectivity index (χ1n) is 21.7. The second kappa shape index (κ2) is 21.1. The van der Waals surface area contributed by atoms with E-state index in [2.05, 4.69) is 94.1 Å². The van der Waals surface area contributed by atoms with Gasteiger partial charge in [0.1, 0.15) is 28.3 Å². The van der Waals surface area contributed by atoms with Crippen LogP contribution in [0.5, 0.6) is 0 Å². The molecule has 6 aromatic rings. The fourth-order valence-electron chi connectivity index (χ4n) is 8.27. The van der Waals surface area contributed by atoms with E-state index in [1.807, 2.05) is 92.7 Å². The summed E-state index contributed by atoms with van der Waals surface area (Å²) in [5, 5.41) is 12.9. The van der Waals surface area contributed by atoms with Crippen molar-refractivity contribution < 1.29 is 13.6 Å². The Morgan fingerprint density at radius 3 is 2.23 bits per heavy atom. The van der Waals surface area contributed by atoms with Gasteiger partial charge in [0, 0.05) is 27.3 Å². The smallest absolute Gasteiger partial charge is 0.194 e. The summed E-state index contributed by atoms with van der Waals surface area (Å²) in [5.41, 5.74) is 15.8. The Bertz CT molecular complexity index is 2610. The maximum atomic E-state index is 9.68. The molecule has 0 fully saturated rings. The highest BCUT2D eigenvalue weighted by molar-refractivity contribution is 6.16. The zero-order valence-corrected chi connectivity index (χ0v) is 36.0. The molecule has 0 radical (unpaired) electrons. The molecule has 5 nitrogen and oxygen atoms in total. The van der Waals surface area contributed by atoms with Gasteiger partial charge in [-0.1, -0.05) is 168 Å². The van der Waals surface area contributed by atoms with Gasteiger partial charge in [0.05, 0.1) is 11.6 Å². The molecule has 2 aromatic heterocycles. The molecular formula is C55H60N2O3. The summed E-state index contributed by atoms with van der Waals surface area (Å²) in [6, 6.07) is 32.8. The van der Waals surface area contributed by atoms with E-state index in [1.165, 1.54) is 11.1 Å². The average Bonchev–Trinajstić information content (AvgIpc) is 3.81. The van der Waals surface area contributed by atoms with Gasteiger partial charge in [-0.2, -0.15) is 0 Å². The number of allylic oxidation sites excluding steroid dienone is 11. The minimum absolute atomic E-state index is 0.0728. The van der Waals surface area contributed by atoms with Crippen LogP contribution in [0.15, 0.2) is 184 Å². The Balaban J connectivity index is 0.000000602. The molecule has 2 aliphatic rings. The van der Waals surface area contributed by atoms with Crippen molar-refractivity contribution in [1.29, 1.82) is 5.41 Å². The first kappa shape index (κ1) is 43.3. The largest absolute Gasteiger partial charge is 0.462 e.